The van der Waals surface area contributed by atoms with Crippen LogP contribution < -0.4 is 16.0 Å². The van der Waals surface area contributed by atoms with Crippen LogP contribution in [0.3, 0.4) is 0 Å². The van der Waals surface area contributed by atoms with Crippen LogP contribution in [0, 0.1) is 5.92 Å². The fourth-order valence-corrected chi connectivity index (χ4v) is 3.00. The molecule has 8 heteroatoms. The molecule has 1 aliphatic heterocycles. The Morgan fingerprint density at radius 2 is 1.76 bits per heavy atom. The Kier molecular flexibility index (Phi) is 10.2. The van der Waals surface area contributed by atoms with Crippen LogP contribution in [0.4, 0.5) is 4.79 Å². The molecular weight excluding hydrogens is 370 g/mol. The summed E-state index contributed by atoms with van der Waals surface area (Å²) in [6, 6.07) is -0.0686. The molecule has 29 heavy (non-hydrogen) atoms. The third-order valence-electron chi connectivity index (χ3n) is 4.83. The second kappa shape index (κ2) is 11.6. The van der Waals surface area contributed by atoms with E-state index in [0.29, 0.717) is 13.1 Å². The van der Waals surface area contributed by atoms with Crippen LogP contribution in [0.25, 0.3) is 0 Å². The third kappa shape index (κ3) is 10.2. The monoisotopic (exact) mass is 413 g/mol. The van der Waals surface area contributed by atoms with Crippen molar-refractivity contribution in [3.8, 4) is 0 Å². The van der Waals surface area contributed by atoms with Crippen LogP contribution in [0.1, 0.15) is 55.4 Å². The maximum Gasteiger partial charge on any atom is 0.407 e. The molecule has 0 aromatic carbocycles. The molecule has 0 aromatic heterocycles. The van der Waals surface area contributed by atoms with Gasteiger partial charge in [0, 0.05) is 31.7 Å². The molecule has 1 unspecified atom stereocenters. The number of morpholine rings is 1. The number of hydrogen-bond donors (Lipinski definition) is 3. The number of nitrogens with one attached hydrogen (secondary N) is 3. The van der Waals surface area contributed by atoms with Crippen LogP contribution in [-0.4, -0.2) is 80.1 Å². The molecular formula is C21H43N5O3. The molecule has 0 aromatic rings. The number of carbonyl (C=O) groups excluding carboxylic acids is 1. The summed E-state index contributed by atoms with van der Waals surface area (Å²) in [5, 5.41) is 9.63. The van der Waals surface area contributed by atoms with Crippen molar-refractivity contribution >= 4 is 12.1 Å². The molecule has 8 nitrogen and oxygen atoms in total. The standard InChI is InChI=1S/C21H43N5O3/c1-9-22-18(24-15-21(7,8)26-10-12-28-13-11-26)23-14-17(16(2)3)25-19(27)29-20(4,5)6/h16-17H,9-15H2,1-8H3,(H,25,27)(H2,22,23,24). The average Bonchev–Trinajstić information content (AvgIpc) is 2.62. The van der Waals surface area contributed by atoms with Crippen LogP contribution >= 0.6 is 0 Å². The van der Waals surface area contributed by atoms with Crippen molar-refractivity contribution in [2.75, 3.05) is 45.9 Å². The molecule has 1 aliphatic rings. The Bertz CT molecular complexity index is 523. The number of nitrogens with zero attached hydrogens (tertiary/aromatic N) is 2. The first-order valence-corrected chi connectivity index (χ1v) is 10.8. The third-order valence-corrected chi connectivity index (χ3v) is 4.83. The molecule has 170 valence electrons. The van der Waals surface area contributed by atoms with Crippen molar-refractivity contribution in [1.29, 1.82) is 0 Å². The molecule has 1 fully saturated rings. The largest absolute Gasteiger partial charge is 0.444 e. The number of guanidine groups is 1. The number of alkyl carbamates (subject to hydrolysis) is 1. The highest BCUT2D eigenvalue weighted by molar-refractivity contribution is 5.80. The SMILES string of the molecule is CCNC(=NCC(C)(C)N1CCOCC1)NCC(NC(=O)OC(C)(C)C)C(C)C. The van der Waals surface area contributed by atoms with Gasteiger partial charge in [0.15, 0.2) is 5.96 Å². The van der Waals surface area contributed by atoms with Crippen LogP contribution in [0.5, 0.6) is 0 Å². The van der Waals surface area contributed by atoms with Gasteiger partial charge in [-0.3, -0.25) is 9.89 Å². The first kappa shape index (κ1) is 25.5. The minimum Gasteiger partial charge on any atom is -0.444 e. The first-order valence-electron chi connectivity index (χ1n) is 10.8. The molecule has 0 aliphatic carbocycles. The smallest absolute Gasteiger partial charge is 0.407 e. The minimum atomic E-state index is -0.513. The van der Waals surface area contributed by atoms with E-state index in [2.05, 4.69) is 48.5 Å². The molecule has 0 radical (unpaired) electrons. The van der Waals surface area contributed by atoms with Gasteiger partial charge in [0.1, 0.15) is 5.60 Å². The van der Waals surface area contributed by atoms with Crippen LogP contribution in [0.2, 0.25) is 0 Å². The number of aliphatic imine (C=N–C) groups is 1. The molecule has 1 amide bonds. The second-order valence-electron chi connectivity index (χ2n) is 9.48. The van der Waals surface area contributed by atoms with Gasteiger partial charge in [0.2, 0.25) is 0 Å². The van der Waals surface area contributed by atoms with E-state index in [1.54, 1.807) is 0 Å². The maximum atomic E-state index is 12.2. The summed E-state index contributed by atoms with van der Waals surface area (Å²) >= 11 is 0. The van der Waals surface area contributed by atoms with E-state index in [0.717, 1.165) is 38.8 Å². The summed E-state index contributed by atoms with van der Waals surface area (Å²) in [5.41, 5.74) is -0.557. The Morgan fingerprint density at radius 3 is 2.28 bits per heavy atom. The summed E-state index contributed by atoms with van der Waals surface area (Å²) in [6.07, 6.45) is -0.395. The predicted octanol–water partition coefficient (Wildman–Crippen LogP) is 2.20. The van der Waals surface area contributed by atoms with Crippen molar-refractivity contribution in [2.24, 2.45) is 10.9 Å². The number of amides is 1. The second-order valence-corrected chi connectivity index (χ2v) is 9.48. The molecule has 0 spiro atoms. The highest BCUT2D eigenvalue weighted by Crippen LogP contribution is 2.16. The molecule has 1 saturated heterocycles. The zero-order valence-corrected chi connectivity index (χ0v) is 19.7. The highest BCUT2D eigenvalue weighted by atomic mass is 16.6. The number of hydrogen-bond acceptors (Lipinski definition) is 5. The number of carbonyl (C=O) groups is 1. The van der Waals surface area contributed by atoms with Crippen molar-refractivity contribution in [3.05, 3.63) is 0 Å². The first-order chi connectivity index (χ1) is 13.4. The van der Waals surface area contributed by atoms with Crippen molar-refractivity contribution in [3.63, 3.8) is 0 Å². The average molecular weight is 414 g/mol. The lowest BCUT2D eigenvalue weighted by Crippen LogP contribution is -2.53. The summed E-state index contributed by atoms with van der Waals surface area (Å²) in [5.74, 6) is 1.01. The lowest BCUT2D eigenvalue weighted by molar-refractivity contribution is -0.00684. The zero-order valence-electron chi connectivity index (χ0n) is 19.7. The fraction of sp³-hybridized carbons (Fsp3) is 0.905. The van der Waals surface area contributed by atoms with Crippen molar-refractivity contribution in [2.45, 2.75) is 72.6 Å². The highest BCUT2D eigenvalue weighted by Gasteiger charge is 2.28. The topological polar surface area (TPSA) is 87.2 Å². The van der Waals surface area contributed by atoms with Gasteiger partial charge in [0.25, 0.3) is 0 Å². The molecule has 3 N–H and O–H groups in total. The quantitative estimate of drug-likeness (QED) is 0.418. The van der Waals surface area contributed by atoms with E-state index >= 15 is 0 Å². The van der Waals surface area contributed by atoms with Crippen LogP contribution in [0.15, 0.2) is 4.99 Å². The van der Waals surface area contributed by atoms with E-state index in [-0.39, 0.29) is 17.5 Å². The van der Waals surface area contributed by atoms with Gasteiger partial charge in [0.05, 0.1) is 25.8 Å². The summed E-state index contributed by atoms with van der Waals surface area (Å²) in [7, 11) is 0. The molecule has 1 atom stereocenters. The molecule has 0 bridgehead atoms. The molecule has 1 rings (SSSR count). The van der Waals surface area contributed by atoms with Crippen LogP contribution in [-0.2, 0) is 9.47 Å². The van der Waals surface area contributed by atoms with Gasteiger partial charge in [-0.1, -0.05) is 13.8 Å². The van der Waals surface area contributed by atoms with Gasteiger partial charge in [-0.05, 0) is 47.5 Å². The Hall–Kier alpha value is -1.54. The lowest BCUT2D eigenvalue weighted by atomic mass is 10.0. The van der Waals surface area contributed by atoms with Crippen molar-refractivity contribution in [1.82, 2.24) is 20.9 Å². The van der Waals surface area contributed by atoms with Gasteiger partial charge >= 0.3 is 6.09 Å². The van der Waals surface area contributed by atoms with Gasteiger partial charge < -0.3 is 25.4 Å². The summed E-state index contributed by atoms with van der Waals surface area (Å²) < 4.78 is 10.9. The Balaban J connectivity index is 2.67. The van der Waals surface area contributed by atoms with E-state index in [1.165, 1.54) is 0 Å². The Morgan fingerprint density at radius 1 is 1.14 bits per heavy atom. The Labute approximate surface area is 177 Å². The van der Waals surface area contributed by atoms with E-state index in [1.807, 2.05) is 27.7 Å². The van der Waals surface area contributed by atoms with Gasteiger partial charge in [-0.25, -0.2) is 4.79 Å². The van der Waals surface area contributed by atoms with E-state index in [9.17, 15) is 4.79 Å². The molecule has 1 heterocycles. The van der Waals surface area contributed by atoms with Gasteiger partial charge in [-0.2, -0.15) is 0 Å². The fourth-order valence-electron chi connectivity index (χ4n) is 3.00. The number of rotatable bonds is 8. The zero-order chi connectivity index (χ0) is 22.1. The van der Waals surface area contributed by atoms with E-state index < -0.39 is 11.7 Å². The number of ether oxygens (including phenoxy) is 2. The maximum absolute atomic E-state index is 12.2. The minimum absolute atomic E-state index is 0.0433. The van der Waals surface area contributed by atoms with E-state index in [4.69, 9.17) is 14.5 Å². The molecule has 0 saturated carbocycles. The predicted molar refractivity (Wildman–Crippen MR) is 118 cm³/mol. The van der Waals surface area contributed by atoms with Gasteiger partial charge in [-0.15, -0.1) is 0 Å². The summed E-state index contributed by atoms with van der Waals surface area (Å²) in [4.78, 5) is 19.4. The van der Waals surface area contributed by atoms with Crippen molar-refractivity contribution < 1.29 is 14.3 Å². The normalized spacial score (nSPS) is 17.8. The lowest BCUT2D eigenvalue weighted by Gasteiger charge is -2.40. The summed E-state index contributed by atoms with van der Waals surface area (Å²) in [6.45, 7) is 21.7.